The minimum atomic E-state index is -0.166. The first-order valence-electron chi connectivity index (χ1n) is 5.40. The lowest BCUT2D eigenvalue weighted by atomic mass is 10.1. The van der Waals surface area contributed by atoms with Crippen LogP contribution >= 0.6 is 31.9 Å². The van der Waals surface area contributed by atoms with Gasteiger partial charge in [0, 0.05) is 21.2 Å². The second-order valence-corrected chi connectivity index (χ2v) is 5.93. The number of pyridine rings is 1. The molecule has 1 N–H and O–H groups in total. The molecule has 0 spiro atoms. The predicted octanol–water partition coefficient (Wildman–Crippen LogP) is 3.48. The van der Waals surface area contributed by atoms with Gasteiger partial charge in [-0.3, -0.25) is 9.78 Å². The average Bonchev–Trinajstić information content (AvgIpc) is 2.27. The van der Waals surface area contributed by atoms with Gasteiger partial charge in [-0.25, -0.2) is 4.98 Å². The van der Waals surface area contributed by atoms with E-state index in [0.717, 1.165) is 14.6 Å². The Morgan fingerprint density at radius 1 is 1.28 bits per heavy atom. The van der Waals surface area contributed by atoms with Crippen molar-refractivity contribution in [1.82, 2.24) is 15.0 Å². The van der Waals surface area contributed by atoms with Crippen LogP contribution in [-0.2, 0) is 0 Å². The highest BCUT2D eigenvalue weighted by Crippen LogP contribution is 2.26. The molecule has 0 aliphatic heterocycles. The summed E-state index contributed by atoms with van der Waals surface area (Å²) in [6.45, 7) is 3.99. The highest BCUT2D eigenvalue weighted by molar-refractivity contribution is 9.11. The molecule has 0 radical (unpaired) electrons. The lowest BCUT2D eigenvalue weighted by molar-refractivity contribution is 0.811. The van der Waals surface area contributed by atoms with Crippen molar-refractivity contribution in [3.63, 3.8) is 0 Å². The van der Waals surface area contributed by atoms with Crippen LogP contribution in [0.2, 0.25) is 0 Å². The van der Waals surface area contributed by atoms with Crippen molar-refractivity contribution >= 4 is 31.9 Å². The SMILES string of the molecule is CC(C)c1cc(=O)[nH]c(-c2ncc(Br)cc2Br)n1. The van der Waals surface area contributed by atoms with Gasteiger partial charge in [-0.1, -0.05) is 13.8 Å². The maximum Gasteiger partial charge on any atom is 0.251 e. The van der Waals surface area contributed by atoms with Crippen LogP contribution in [0.3, 0.4) is 0 Å². The molecule has 0 aliphatic rings. The van der Waals surface area contributed by atoms with E-state index in [-0.39, 0.29) is 11.5 Å². The summed E-state index contributed by atoms with van der Waals surface area (Å²) < 4.78 is 1.64. The van der Waals surface area contributed by atoms with Crippen molar-refractivity contribution in [2.45, 2.75) is 19.8 Å². The molecule has 0 atom stereocenters. The zero-order chi connectivity index (χ0) is 13.3. The van der Waals surface area contributed by atoms with Crippen LogP contribution in [-0.4, -0.2) is 15.0 Å². The fourth-order valence-electron chi connectivity index (χ4n) is 1.47. The minimum Gasteiger partial charge on any atom is -0.305 e. The minimum absolute atomic E-state index is 0.166. The third-order valence-electron chi connectivity index (χ3n) is 2.39. The molecule has 0 amide bonds. The summed E-state index contributed by atoms with van der Waals surface area (Å²) in [6, 6.07) is 3.38. The lowest BCUT2D eigenvalue weighted by Gasteiger charge is -2.07. The molecule has 2 aromatic rings. The summed E-state index contributed by atoms with van der Waals surface area (Å²) in [4.78, 5) is 23.0. The van der Waals surface area contributed by atoms with E-state index in [9.17, 15) is 4.79 Å². The second kappa shape index (κ2) is 5.32. The van der Waals surface area contributed by atoms with Crippen LogP contribution in [0.15, 0.2) is 32.1 Å². The van der Waals surface area contributed by atoms with Gasteiger partial charge in [-0.2, -0.15) is 0 Å². The van der Waals surface area contributed by atoms with Gasteiger partial charge < -0.3 is 4.98 Å². The molecule has 2 aromatic heterocycles. The van der Waals surface area contributed by atoms with Crippen LogP contribution in [0, 0.1) is 0 Å². The lowest BCUT2D eigenvalue weighted by Crippen LogP contribution is -2.11. The standard InChI is InChI=1S/C12H11Br2N3O/c1-6(2)9-4-10(18)17-12(16-9)11-8(14)3-7(13)5-15-11/h3-6H,1-2H3,(H,16,17,18). The first-order valence-corrected chi connectivity index (χ1v) is 6.98. The summed E-state index contributed by atoms with van der Waals surface area (Å²) in [5, 5.41) is 0. The highest BCUT2D eigenvalue weighted by atomic mass is 79.9. The zero-order valence-corrected chi connectivity index (χ0v) is 13.0. The van der Waals surface area contributed by atoms with Gasteiger partial charge >= 0.3 is 0 Å². The molecule has 0 saturated heterocycles. The van der Waals surface area contributed by atoms with Crippen molar-refractivity contribution < 1.29 is 0 Å². The highest BCUT2D eigenvalue weighted by Gasteiger charge is 2.11. The molecule has 0 bridgehead atoms. The molecule has 94 valence electrons. The maximum absolute atomic E-state index is 11.6. The number of halogens is 2. The van der Waals surface area contributed by atoms with Gasteiger partial charge in [0.2, 0.25) is 0 Å². The second-order valence-electron chi connectivity index (χ2n) is 4.16. The van der Waals surface area contributed by atoms with Gasteiger partial charge in [-0.15, -0.1) is 0 Å². The molecule has 0 aromatic carbocycles. The van der Waals surface area contributed by atoms with Gasteiger partial charge in [0.25, 0.3) is 5.56 Å². The summed E-state index contributed by atoms with van der Waals surface area (Å²) >= 11 is 6.75. The first kappa shape index (κ1) is 13.4. The number of aromatic nitrogens is 3. The van der Waals surface area contributed by atoms with E-state index in [1.165, 1.54) is 6.07 Å². The molecule has 6 heteroatoms. The summed E-state index contributed by atoms with van der Waals surface area (Å²) in [7, 11) is 0. The van der Waals surface area contributed by atoms with E-state index in [0.29, 0.717) is 11.5 Å². The number of hydrogen-bond acceptors (Lipinski definition) is 3. The predicted molar refractivity (Wildman–Crippen MR) is 77.6 cm³/mol. The molecule has 2 rings (SSSR count). The number of aromatic amines is 1. The van der Waals surface area contributed by atoms with Crippen molar-refractivity contribution in [2.24, 2.45) is 0 Å². The van der Waals surface area contributed by atoms with Crippen molar-refractivity contribution in [3.05, 3.63) is 43.3 Å². The topological polar surface area (TPSA) is 58.6 Å². The molecule has 0 unspecified atom stereocenters. The maximum atomic E-state index is 11.6. The monoisotopic (exact) mass is 371 g/mol. The Morgan fingerprint density at radius 3 is 2.61 bits per heavy atom. The van der Waals surface area contributed by atoms with Crippen molar-refractivity contribution in [1.29, 1.82) is 0 Å². The summed E-state index contributed by atoms with van der Waals surface area (Å²) in [6.07, 6.45) is 1.67. The molecular weight excluding hydrogens is 362 g/mol. The van der Waals surface area contributed by atoms with Gasteiger partial charge in [-0.05, 0) is 43.8 Å². The Hall–Kier alpha value is -1.01. The summed E-state index contributed by atoms with van der Waals surface area (Å²) in [5.41, 5.74) is 1.21. The van der Waals surface area contributed by atoms with Crippen LogP contribution in [0.5, 0.6) is 0 Å². The van der Waals surface area contributed by atoms with E-state index in [4.69, 9.17) is 0 Å². The fraction of sp³-hybridized carbons (Fsp3) is 0.250. The number of rotatable bonds is 2. The van der Waals surface area contributed by atoms with E-state index < -0.39 is 0 Å². The van der Waals surface area contributed by atoms with Crippen LogP contribution in [0.25, 0.3) is 11.5 Å². The Balaban J connectivity index is 2.60. The zero-order valence-electron chi connectivity index (χ0n) is 9.87. The molecule has 2 heterocycles. The number of H-pyrrole nitrogens is 1. The molecule has 18 heavy (non-hydrogen) atoms. The van der Waals surface area contributed by atoms with Gasteiger partial charge in [0.05, 0.1) is 5.69 Å². The number of hydrogen-bond donors (Lipinski definition) is 1. The van der Waals surface area contributed by atoms with Crippen LogP contribution in [0.1, 0.15) is 25.5 Å². The normalized spacial score (nSPS) is 10.9. The quantitative estimate of drug-likeness (QED) is 0.877. The van der Waals surface area contributed by atoms with E-state index in [1.54, 1.807) is 6.20 Å². The van der Waals surface area contributed by atoms with Crippen molar-refractivity contribution in [3.8, 4) is 11.5 Å². The third kappa shape index (κ3) is 2.87. The van der Waals surface area contributed by atoms with Crippen LogP contribution in [0.4, 0.5) is 0 Å². The van der Waals surface area contributed by atoms with Crippen molar-refractivity contribution in [2.75, 3.05) is 0 Å². The van der Waals surface area contributed by atoms with Crippen LogP contribution < -0.4 is 5.56 Å². The summed E-state index contributed by atoms with van der Waals surface area (Å²) in [5.74, 6) is 0.672. The van der Waals surface area contributed by atoms with E-state index >= 15 is 0 Å². The van der Waals surface area contributed by atoms with E-state index in [2.05, 4.69) is 46.8 Å². The van der Waals surface area contributed by atoms with E-state index in [1.807, 2.05) is 19.9 Å². The first-order chi connectivity index (χ1) is 8.47. The fourth-order valence-corrected chi connectivity index (χ4v) is 2.65. The Kier molecular flexibility index (Phi) is 3.97. The van der Waals surface area contributed by atoms with Gasteiger partial charge in [0.1, 0.15) is 5.69 Å². The molecular formula is C12H11Br2N3O. The van der Waals surface area contributed by atoms with Gasteiger partial charge in [0.15, 0.2) is 5.82 Å². The Morgan fingerprint density at radius 2 is 2.00 bits per heavy atom. The third-order valence-corrected chi connectivity index (χ3v) is 3.42. The molecule has 0 saturated carbocycles. The molecule has 4 nitrogen and oxygen atoms in total. The Labute approximate surface area is 121 Å². The average molecular weight is 373 g/mol. The Bertz CT molecular complexity index is 637. The smallest absolute Gasteiger partial charge is 0.251 e. The largest absolute Gasteiger partial charge is 0.305 e. The molecule has 0 aliphatic carbocycles. The number of nitrogens with one attached hydrogen (secondary N) is 1. The number of nitrogens with zero attached hydrogens (tertiary/aromatic N) is 2. The molecule has 0 fully saturated rings.